The molecular weight excluding hydrogens is 651 g/mol. The number of halogens is 4. The highest BCUT2D eigenvalue weighted by molar-refractivity contribution is 7.92. The Hall–Kier alpha value is -4.35. The van der Waals surface area contributed by atoms with Crippen molar-refractivity contribution in [3.05, 3.63) is 131 Å². The Kier molecular flexibility index (Phi) is 11.7. The van der Waals surface area contributed by atoms with E-state index in [4.69, 9.17) is 11.6 Å². The lowest BCUT2D eigenvalue weighted by Gasteiger charge is -2.34. The van der Waals surface area contributed by atoms with Crippen molar-refractivity contribution in [2.45, 2.75) is 56.4 Å². The number of anilines is 1. The fourth-order valence-electron chi connectivity index (χ4n) is 4.89. The Labute approximate surface area is 278 Å². The largest absolute Gasteiger partial charge is 0.416 e. The van der Waals surface area contributed by atoms with E-state index >= 15 is 0 Å². The summed E-state index contributed by atoms with van der Waals surface area (Å²) < 4.78 is 70.2. The number of hydrogen-bond acceptors (Lipinski definition) is 4. The second-order valence-corrected chi connectivity index (χ2v) is 13.3. The Morgan fingerprint density at radius 2 is 1.40 bits per heavy atom. The summed E-state index contributed by atoms with van der Waals surface area (Å²) in [6.45, 7) is 2.70. The normalized spacial score (nSPS) is 13.0. The minimum atomic E-state index is -4.82. The summed E-state index contributed by atoms with van der Waals surface area (Å²) in [5, 5.41) is 2.62. The molecule has 7 nitrogen and oxygen atoms in total. The van der Waals surface area contributed by atoms with Crippen LogP contribution in [0.4, 0.5) is 18.9 Å². The number of carbonyl (C=O) groups excluding carboxylic acids is 2. The number of alkyl halides is 3. The minimum absolute atomic E-state index is 0.0827. The summed E-state index contributed by atoms with van der Waals surface area (Å²) in [5.74, 6) is -1.27. The zero-order chi connectivity index (χ0) is 34.2. The van der Waals surface area contributed by atoms with Gasteiger partial charge in [0.05, 0.1) is 21.2 Å². The van der Waals surface area contributed by atoms with Crippen molar-refractivity contribution >= 4 is 39.1 Å². The lowest BCUT2D eigenvalue weighted by atomic mass is 10.0. The van der Waals surface area contributed by atoms with Crippen molar-refractivity contribution in [1.29, 1.82) is 0 Å². The molecule has 0 aromatic heterocycles. The van der Waals surface area contributed by atoms with Crippen molar-refractivity contribution in [2.75, 3.05) is 10.8 Å². The summed E-state index contributed by atoms with van der Waals surface area (Å²) in [6.07, 6.45) is -4.11. The Morgan fingerprint density at radius 1 is 0.851 bits per heavy atom. The number of sulfonamides is 1. The van der Waals surface area contributed by atoms with E-state index in [0.717, 1.165) is 17.7 Å². The number of benzene rings is 4. The average molecular weight is 686 g/mol. The van der Waals surface area contributed by atoms with Gasteiger partial charge in [-0.05, 0) is 54.8 Å². The smallest absolute Gasteiger partial charge is 0.352 e. The molecule has 0 saturated carbocycles. The van der Waals surface area contributed by atoms with Crippen LogP contribution in [0.1, 0.15) is 37.0 Å². The molecule has 4 aromatic carbocycles. The number of amides is 2. The maximum atomic E-state index is 14.5. The number of hydrogen-bond donors (Lipinski definition) is 1. The summed E-state index contributed by atoms with van der Waals surface area (Å²) in [5.41, 5.74) is -0.266. The second-order valence-electron chi connectivity index (χ2n) is 11.0. The molecule has 0 fully saturated rings. The van der Waals surface area contributed by atoms with E-state index in [1.54, 1.807) is 48.5 Å². The van der Waals surface area contributed by atoms with Crippen LogP contribution in [0.2, 0.25) is 5.02 Å². The predicted octanol–water partition coefficient (Wildman–Crippen LogP) is 7.11. The van der Waals surface area contributed by atoms with Gasteiger partial charge in [-0.3, -0.25) is 13.9 Å². The summed E-state index contributed by atoms with van der Waals surface area (Å²) >= 11 is 6.36. The molecule has 0 aliphatic rings. The fourth-order valence-corrected chi connectivity index (χ4v) is 6.60. The molecule has 0 bridgehead atoms. The topological polar surface area (TPSA) is 86.8 Å². The third kappa shape index (κ3) is 9.14. The molecule has 0 saturated heterocycles. The van der Waals surface area contributed by atoms with E-state index in [-0.39, 0.29) is 28.9 Å². The lowest BCUT2D eigenvalue weighted by molar-refractivity contribution is -0.140. The SMILES string of the molecule is CC[C@@H](C)NC(=O)[C@@H](Cc1ccccc1)N(Cc1ccccc1)C(=O)CN(c1cc(C(F)(F)F)ccc1Cl)S(=O)(=O)c1ccccc1. The molecule has 248 valence electrons. The van der Waals surface area contributed by atoms with Crippen LogP contribution in [0.5, 0.6) is 0 Å². The van der Waals surface area contributed by atoms with Gasteiger partial charge in [0, 0.05) is 19.0 Å². The molecule has 0 heterocycles. The lowest BCUT2D eigenvalue weighted by Crippen LogP contribution is -2.54. The molecule has 12 heteroatoms. The average Bonchev–Trinajstić information content (AvgIpc) is 3.06. The molecule has 4 aromatic rings. The van der Waals surface area contributed by atoms with Crippen molar-refractivity contribution in [1.82, 2.24) is 10.2 Å². The number of nitrogens with zero attached hydrogens (tertiary/aromatic N) is 2. The quantitative estimate of drug-likeness (QED) is 0.163. The zero-order valence-electron chi connectivity index (χ0n) is 25.8. The van der Waals surface area contributed by atoms with Crippen molar-refractivity contribution in [3.8, 4) is 0 Å². The Balaban J connectivity index is 1.86. The van der Waals surface area contributed by atoms with Gasteiger partial charge in [0.15, 0.2) is 0 Å². The predicted molar refractivity (Wildman–Crippen MR) is 176 cm³/mol. The van der Waals surface area contributed by atoms with Gasteiger partial charge in [-0.25, -0.2) is 8.42 Å². The fraction of sp³-hybridized carbons (Fsp3) is 0.257. The van der Waals surface area contributed by atoms with Crippen LogP contribution in [-0.2, 0) is 38.8 Å². The van der Waals surface area contributed by atoms with E-state index in [0.29, 0.717) is 22.4 Å². The molecule has 0 aliphatic heterocycles. The van der Waals surface area contributed by atoms with Gasteiger partial charge >= 0.3 is 6.18 Å². The van der Waals surface area contributed by atoms with Gasteiger partial charge < -0.3 is 10.2 Å². The number of carbonyl (C=O) groups is 2. The van der Waals surface area contributed by atoms with Gasteiger partial charge in [0.2, 0.25) is 11.8 Å². The summed E-state index contributed by atoms with van der Waals surface area (Å²) in [7, 11) is -4.63. The Morgan fingerprint density at radius 3 is 1.96 bits per heavy atom. The monoisotopic (exact) mass is 685 g/mol. The summed E-state index contributed by atoms with van der Waals surface area (Å²) in [6, 6.07) is 25.8. The van der Waals surface area contributed by atoms with Crippen LogP contribution in [0, 0.1) is 0 Å². The van der Waals surface area contributed by atoms with E-state index in [2.05, 4.69) is 5.32 Å². The maximum absolute atomic E-state index is 14.5. The van der Waals surface area contributed by atoms with Crippen LogP contribution >= 0.6 is 11.6 Å². The third-order valence-electron chi connectivity index (χ3n) is 7.62. The standard InChI is InChI=1S/C35H35ClF3N3O4S/c1-3-25(2)40-34(44)32(21-26-13-7-4-8-14-26)41(23-27-15-9-5-10-16-27)33(43)24-42(47(45,46)29-17-11-6-12-18-29)31-22-28(35(37,38)39)19-20-30(31)36/h4-20,22,25,32H,3,21,23-24H2,1-2H3,(H,40,44)/t25-,32-/m1/s1. The number of rotatable bonds is 13. The van der Waals surface area contributed by atoms with Crippen LogP contribution in [-0.4, -0.2) is 43.8 Å². The molecule has 0 radical (unpaired) electrons. The van der Waals surface area contributed by atoms with Gasteiger partial charge in [0.25, 0.3) is 10.0 Å². The highest BCUT2D eigenvalue weighted by atomic mass is 35.5. The van der Waals surface area contributed by atoms with Crippen molar-refractivity contribution in [3.63, 3.8) is 0 Å². The van der Waals surface area contributed by atoms with Crippen LogP contribution in [0.3, 0.4) is 0 Å². The molecule has 0 aliphatic carbocycles. The highest BCUT2D eigenvalue weighted by Crippen LogP contribution is 2.37. The van der Waals surface area contributed by atoms with Crippen molar-refractivity contribution < 1.29 is 31.2 Å². The first-order chi connectivity index (χ1) is 22.3. The first-order valence-electron chi connectivity index (χ1n) is 14.9. The summed E-state index contributed by atoms with van der Waals surface area (Å²) in [4.78, 5) is 29.3. The molecule has 2 atom stereocenters. The minimum Gasteiger partial charge on any atom is -0.352 e. The molecule has 47 heavy (non-hydrogen) atoms. The van der Waals surface area contributed by atoms with Crippen LogP contribution in [0.25, 0.3) is 0 Å². The third-order valence-corrected chi connectivity index (χ3v) is 9.71. The van der Waals surface area contributed by atoms with Gasteiger partial charge in [0.1, 0.15) is 12.6 Å². The first kappa shape index (κ1) is 35.5. The highest BCUT2D eigenvalue weighted by Gasteiger charge is 2.37. The molecule has 1 N–H and O–H groups in total. The van der Waals surface area contributed by atoms with E-state index in [1.165, 1.54) is 29.2 Å². The molecule has 4 rings (SSSR count). The van der Waals surface area contributed by atoms with Gasteiger partial charge in [-0.2, -0.15) is 13.2 Å². The van der Waals surface area contributed by atoms with Gasteiger partial charge in [-0.1, -0.05) is 97.4 Å². The number of nitrogens with one attached hydrogen (secondary N) is 1. The zero-order valence-corrected chi connectivity index (χ0v) is 27.4. The maximum Gasteiger partial charge on any atom is 0.416 e. The second kappa shape index (κ2) is 15.5. The van der Waals surface area contributed by atoms with Crippen LogP contribution in [0.15, 0.2) is 114 Å². The van der Waals surface area contributed by atoms with Crippen LogP contribution < -0.4 is 9.62 Å². The Bertz CT molecular complexity index is 1760. The molecule has 0 unspecified atom stereocenters. The van der Waals surface area contributed by atoms with Crippen molar-refractivity contribution in [2.24, 2.45) is 0 Å². The molecule has 2 amide bonds. The molecule has 0 spiro atoms. The first-order valence-corrected chi connectivity index (χ1v) is 16.7. The van der Waals surface area contributed by atoms with E-state index in [1.807, 2.05) is 32.0 Å². The molecular formula is C35H35ClF3N3O4S. The van der Waals surface area contributed by atoms with E-state index in [9.17, 15) is 31.2 Å². The van der Waals surface area contributed by atoms with Gasteiger partial charge in [-0.15, -0.1) is 0 Å². The van der Waals surface area contributed by atoms with E-state index < -0.39 is 51.9 Å².